The Kier molecular flexibility index (Phi) is 7.98. The summed E-state index contributed by atoms with van der Waals surface area (Å²) in [5, 5.41) is 12.4. The Balaban J connectivity index is 1.01. The molecule has 2 amide bonds. The summed E-state index contributed by atoms with van der Waals surface area (Å²) in [5.41, 5.74) is 5.92. The number of halogens is 1. The fraction of sp³-hybridized carbons (Fsp3) is 0.297. The molecule has 3 aliphatic heterocycles. The van der Waals surface area contributed by atoms with Gasteiger partial charge in [-0.15, -0.1) is 0 Å². The number of nitrogens with one attached hydrogen (secondary N) is 1. The van der Waals surface area contributed by atoms with E-state index >= 15 is 4.39 Å². The highest BCUT2D eigenvalue weighted by Gasteiger charge is 2.34. The number of carbonyl (C=O) groups is 2. The molecule has 0 saturated carbocycles. The summed E-state index contributed by atoms with van der Waals surface area (Å²) in [6, 6.07) is 29.8. The van der Waals surface area contributed by atoms with Gasteiger partial charge in [0.1, 0.15) is 17.3 Å². The molecule has 0 spiro atoms. The van der Waals surface area contributed by atoms with Gasteiger partial charge in [0.25, 0.3) is 0 Å². The van der Waals surface area contributed by atoms with E-state index in [0.29, 0.717) is 25.1 Å². The maximum atomic E-state index is 15.0. The molecule has 7 rings (SSSR count). The van der Waals surface area contributed by atoms with Crippen LogP contribution in [0.4, 0.5) is 10.1 Å². The monoisotopic (exact) mass is 605 g/mol. The van der Waals surface area contributed by atoms with E-state index in [1.165, 1.54) is 22.9 Å². The zero-order valence-electron chi connectivity index (χ0n) is 25.0. The van der Waals surface area contributed by atoms with Crippen LogP contribution in [0.2, 0.25) is 0 Å². The van der Waals surface area contributed by atoms with E-state index < -0.39 is 11.8 Å². The van der Waals surface area contributed by atoms with Gasteiger partial charge in [-0.25, -0.2) is 4.39 Å². The first kappa shape index (κ1) is 29.0. The van der Waals surface area contributed by atoms with Crippen LogP contribution in [-0.2, 0) is 16.1 Å². The number of piperidine rings is 1. The molecule has 8 heteroatoms. The minimum atomic E-state index is -0.620. The van der Waals surface area contributed by atoms with Crippen LogP contribution in [0.1, 0.15) is 58.4 Å². The average molecular weight is 606 g/mol. The van der Waals surface area contributed by atoms with Crippen LogP contribution in [-0.4, -0.2) is 54.6 Å². The van der Waals surface area contributed by atoms with Gasteiger partial charge in [-0.05, 0) is 47.4 Å². The van der Waals surface area contributed by atoms with Gasteiger partial charge in [0, 0.05) is 73.9 Å². The number of hydrogen-bond acceptors (Lipinski definition) is 6. The molecule has 0 aliphatic carbocycles. The number of fused-ring (bicyclic) bond motifs is 1. The Morgan fingerprint density at radius 2 is 1.60 bits per heavy atom. The van der Waals surface area contributed by atoms with Crippen LogP contribution in [0.25, 0.3) is 0 Å². The number of carbonyl (C=O) groups excluding carboxylic acids is 2. The van der Waals surface area contributed by atoms with Gasteiger partial charge in [0.05, 0.1) is 12.5 Å². The van der Waals surface area contributed by atoms with Crippen molar-refractivity contribution in [3.63, 3.8) is 0 Å². The fourth-order valence-electron chi connectivity index (χ4n) is 7.06. The Labute approximate surface area is 262 Å². The number of amides is 2. The van der Waals surface area contributed by atoms with Crippen LogP contribution < -0.4 is 15.0 Å². The molecule has 3 aliphatic rings. The molecule has 230 valence electrons. The number of benzene rings is 4. The molecular formula is C37H36FN3O4. The number of anilines is 1. The van der Waals surface area contributed by atoms with Crippen molar-refractivity contribution in [3.05, 3.63) is 125 Å². The van der Waals surface area contributed by atoms with E-state index in [1.807, 2.05) is 18.2 Å². The molecule has 2 N–H and O–H groups in total. The lowest BCUT2D eigenvalue weighted by atomic mass is 9.76. The second kappa shape index (κ2) is 12.4. The van der Waals surface area contributed by atoms with Gasteiger partial charge < -0.3 is 14.7 Å². The molecule has 4 aromatic carbocycles. The van der Waals surface area contributed by atoms with Crippen molar-refractivity contribution in [1.29, 1.82) is 0 Å². The maximum Gasteiger partial charge on any atom is 0.234 e. The number of phenols is 1. The van der Waals surface area contributed by atoms with Crippen molar-refractivity contribution >= 4 is 17.5 Å². The smallest absolute Gasteiger partial charge is 0.234 e. The zero-order valence-corrected chi connectivity index (χ0v) is 25.0. The minimum Gasteiger partial charge on any atom is -0.508 e. The Bertz CT molecular complexity index is 1700. The third-order valence-corrected chi connectivity index (χ3v) is 9.46. The first-order chi connectivity index (χ1) is 21.9. The highest BCUT2D eigenvalue weighted by molar-refractivity contribution is 6.00. The number of rotatable bonds is 6. The summed E-state index contributed by atoms with van der Waals surface area (Å²) < 4.78 is 21.1. The third-order valence-electron chi connectivity index (χ3n) is 9.46. The van der Waals surface area contributed by atoms with Crippen LogP contribution in [0, 0.1) is 5.82 Å². The first-order valence-corrected chi connectivity index (χ1v) is 15.6. The standard InChI is InChI=1S/C37H36FN3O4/c38-33-20-24(6-12-29(33)30-14-15-35(43)39-37(30)44)22-40-16-18-41(19-17-40)27-9-7-26(8-10-27)36-31-13-11-28(42)21-34(31)45-23-32(36)25-4-2-1-3-5-25/h1-13,20-21,30,32,36,42H,14-19,22-23H2,(H,39,43,44)/t30?,32-,36-/m0/s1. The molecular weight excluding hydrogens is 569 g/mol. The number of phenolic OH excluding ortho intramolecular Hbond substituents is 1. The summed E-state index contributed by atoms with van der Waals surface area (Å²) in [5.74, 6) is -0.537. The predicted octanol–water partition coefficient (Wildman–Crippen LogP) is 5.68. The van der Waals surface area contributed by atoms with Crippen LogP contribution in [0.3, 0.4) is 0 Å². The lowest BCUT2D eigenvalue weighted by Crippen LogP contribution is -2.46. The summed E-state index contributed by atoms with van der Waals surface area (Å²) in [6.45, 7) is 4.61. The van der Waals surface area contributed by atoms with Gasteiger partial charge in [0.15, 0.2) is 0 Å². The molecule has 4 aromatic rings. The maximum absolute atomic E-state index is 15.0. The molecule has 0 radical (unpaired) electrons. The predicted molar refractivity (Wildman–Crippen MR) is 170 cm³/mol. The highest BCUT2D eigenvalue weighted by atomic mass is 19.1. The largest absolute Gasteiger partial charge is 0.508 e. The average Bonchev–Trinajstić information content (AvgIpc) is 3.05. The van der Waals surface area contributed by atoms with Crippen molar-refractivity contribution in [2.45, 2.75) is 37.1 Å². The quantitative estimate of drug-likeness (QED) is 0.275. The summed E-state index contributed by atoms with van der Waals surface area (Å²) in [4.78, 5) is 28.4. The molecule has 1 unspecified atom stereocenters. The topological polar surface area (TPSA) is 82.1 Å². The number of aromatic hydroxyl groups is 1. The third kappa shape index (κ3) is 6.02. The summed E-state index contributed by atoms with van der Waals surface area (Å²) >= 11 is 0. The normalized spacial score (nSPS) is 22.0. The number of nitrogens with zero attached hydrogens (tertiary/aromatic N) is 2. The van der Waals surface area contributed by atoms with Gasteiger partial charge in [0.2, 0.25) is 11.8 Å². The first-order valence-electron chi connectivity index (χ1n) is 15.6. The molecule has 0 bridgehead atoms. The van der Waals surface area contributed by atoms with E-state index in [-0.39, 0.29) is 35.7 Å². The van der Waals surface area contributed by atoms with E-state index in [0.717, 1.165) is 43.1 Å². The van der Waals surface area contributed by atoms with E-state index in [1.54, 1.807) is 18.2 Å². The van der Waals surface area contributed by atoms with Crippen molar-refractivity contribution < 1.29 is 23.8 Å². The Morgan fingerprint density at radius 3 is 2.33 bits per heavy atom. The zero-order chi connectivity index (χ0) is 30.9. The molecule has 0 aromatic heterocycles. The van der Waals surface area contributed by atoms with E-state index in [9.17, 15) is 14.7 Å². The molecule has 45 heavy (non-hydrogen) atoms. The second-order valence-electron chi connectivity index (χ2n) is 12.2. The van der Waals surface area contributed by atoms with Crippen molar-refractivity contribution in [1.82, 2.24) is 10.2 Å². The number of ether oxygens (including phenoxy) is 1. The minimum absolute atomic E-state index is 0.101. The molecule has 3 atom stereocenters. The van der Waals surface area contributed by atoms with Gasteiger partial charge in [-0.3, -0.25) is 19.8 Å². The highest BCUT2D eigenvalue weighted by Crippen LogP contribution is 2.47. The van der Waals surface area contributed by atoms with Crippen LogP contribution >= 0.6 is 0 Å². The second-order valence-corrected chi connectivity index (χ2v) is 12.2. The van der Waals surface area contributed by atoms with Crippen LogP contribution in [0.15, 0.2) is 91.0 Å². The molecule has 7 nitrogen and oxygen atoms in total. The number of hydrogen-bond donors (Lipinski definition) is 2. The fourth-order valence-corrected chi connectivity index (χ4v) is 7.06. The Morgan fingerprint density at radius 1 is 0.844 bits per heavy atom. The lowest BCUT2D eigenvalue weighted by Gasteiger charge is -2.37. The molecule has 2 fully saturated rings. The van der Waals surface area contributed by atoms with E-state index in [2.05, 4.69) is 63.6 Å². The lowest BCUT2D eigenvalue weighted by molar-refractivity contribution is -0.134. The van der Waals surface area contributed by atoms with Gasteiger partial charge in [-0.1, -0.05) is 60.7 Å². The van der Waals surface area contributed by atoms with E-state index in [4.69, 9.17) is 4.74 Å². The number of piperazine rings is 1. The van der Waals surface area contributed by atoms with Crippen molar-refractivity contribution in [2.75, 3.05) is 37.7 Å². The summed E-state index contributed by atoms with van der Waals surface area (Å²) in [7, 11) is 0. The van der Waals surface area contributed by atoms with Gasteiger partial charge >= 0.3 is 0 Å². The SMILES string of the molecule is O=C1CCC(c2ccc(CN3CCN(c4ccc([C@H]5c6ccc(O)cc6OC[C@H]5c5ccccc5)cc4)CC3)cc2F)C(=O)N1. The Hall–Kier alpha value is -4.69. The van der Waals surface area contributed by atoms with Crippen molar-refractivity contribution in [3.8, 4) is 11.5 Å². The molecule has 2 saturated heterocycles. The van der Waals surface area contributed by atoms with Gasteiger partial charge in [-0.2, -0.15) is 0 Å². The number of imide groups is 1. The summed E-state index contributed by atoms with van der Waals surface area (Å²) in [6.07, 6.45) is 0.568. The van der Waals surface area contributed by atoms with Crippen molar-refractivity contribution in [2.24, 2.45) is 0 Å². The van der Waals surface area contributed by atoms with Crippen LogP contribution in [0.5, 0.6) is 11.5 Å². The molecule has 3 heterocycles.